The van der Waals surface area contributed by atoms with Crippen LogP contribution in [0.1, 0.15) is 31.7 Å². The number of likely N-dealkylation sites (tertiary alicyclic amines) is 1. The van der Waals surface area contributed by atoms with Crippen molar-refractivity contribution in [2.45, 2.75) is 44.7 Å². The molecular weight excluding hydrogens is 326 g/mol. The Kier molecular flexibility index (Phi) is 6.08. The summed E-state index contributed by atoms with van der Waals surface area (Å²) in [7, 11) is 4.42. The summed E-state index contributed by atoms with van der Waals surface area (Å²) in [5.41, 5.74) is 8.64. The summed E-state index contributed by atoms with van der Waals surface area (Å²) in [5.74, 6) is 0. The smallest absolute Gasteiger partial charge is 0.0375 e. The highest BCUT2D eigenvalue weighted by Gasteiger charge is 2.22. The summed E-state index contributed by atoms with van der Waals surface area (Å²) in [4.78, 5) is 4.83. The lowest BCUT2D eigenvalue weighted by atomic mass is 10.0. The first-order valence-corrected chi connectivity index (χ1v) is 8.76. The molecule has 2 unspecified atom stereocenters. The van der Waals surface area contributed by atoms with E-state index in [0.717, 1.165) is 19.4 Å². The first kappa shape index (κ1) is 16.8. The van der Waals surface area contributed by atoms with Crippen molar-refractivity contribution < 1.29 is 0 Å². The van der Waals surface area contributed by atoms with Gasteiger partial charge in [-0.05, 0) is 57.0 Å². The number of hydrogen-bond donors (Lipinski definition) is 1. The maximum absolute atomic E-state index is 6.06. The minimum atomic E-state index is 0.247. The predicted octanol–water partition coefficient (Wildman–Crippen LogP) is 3.26. The van der Waals surface area contributed by atoms with Crippen LogP contribution in [0.5, 0.6) is 0 Å². The number of hydrogen-bond acceptors (Lipinski definition) is 3. The highest BCUT2D eigenvalue weighted by Crippen LogP contribution is 2.26. The third kappa shape index (κ3) is 4.44. The van der Waals surface area contributed by atoms with E-state index < -0.39 is 0 Å². The maximum Gasteiger partial charge on any atom is 0.0375 e. The average Bonchev–Trinajstić information content (AvgIpc) is 2.86. The molecule has 0 saturated carbocycles. The van der Waals surface area contributed by atoms with Crippen LogP contribution in [0.4, 0.5) is 5.69 Å². The lowest BCUT2D eigenvalue weighted by Gasteiger charge is -2.27. The Morgan fingerprint density at radius 3 is 2.81 bits per heavy atom. The van der Waals surface area contributed by atoms with Crippen molar-refractivity contribution in [3.63, 3.8) is 0 Å². The largest absolute Gasteiger partial charge is 0.373 e. The standard InChI is InChI=1S/C17H28BrN3/c1-4-14(19)10-13-7-8-15(11-17(13)18)21(3)12-16-6-5-9-20(16)2/h7-8,11,14,16H,4-6,9-10,12,19H2,1-3H3. The molecular formula is C17H28BrN3. The Hall–Kier alpha value is -0.580. The normalized spacial score (nSPS) is 20.7. The maximum atomic E-state index is 6.06. The number of nitrogens with two attached hydrogens (primary N) is 1. The molecule has 1 fully saturated rings. The zero-order chi connectivity index (χ0) is 15.4. The molecule has 2 atom stereocenters. The van der Waals surface area contributed by atoms with Crippen LogP contribution < -0.4 is 10.6 Å². The van der Waals surface area contributed by atoms with Crippen LogP contribution >= 0.6 is 15.9 Å². The van der Waals surface area contributed by atoms with Gasteiger partial charge in [0.2, 0.25) is 0 Å². The molecule has 0 spiro atoms. The third-order valence-electron chi connectivity index (χ3n) is 4.64. The molecule has 1 aliphatic rings. The summed E-state index contributed by atoms with van der Waals surface area (Å²) >= 11 is 3.71. The van der Waals surface area contributed by atoms with Crippen molar-refractivity contribution in [1.82, 2.24) is 4.90 Å². The lowest BCUT2D eigenvalue weighted by molar-refractivity contribution is 0.314. The highest BCUT2D eigenvalue weighted by molar-refractivity contribution is 9.10. The molecule has 1 aromatic rings. The third-order valence-corrected chi connectivity index (χ3v) is 5.38. The van der Waals surface area contributed by atoms with Gasteiger partial charge in [-0.1, -0.05) is 28.9 Å². The minimum absolute atomic E-state index is 0.247. The number of halogens is 1. The predicted molar refractivity (Wildman–Crippen MR) is 95.0 cm³/mol. The fraction of sp³-hybridized carbons (Fsp3) is 0.647. The average molecular weight is 354 g/mol. The highest BCUT2D eigenvalue weighted by atomic mass is 79.9. The van der Waals surface area contributed by atoms with Gasteiger partial charge < -0.3 is 15.5 Å². The van der Waals surface area contributed by atoms with Crippen LogP contribution in [0.15, 0.2) is 22.7 Å². The molecule has 4 heteroatoms. The van der Waals surface area contributed by atoms with Gasteiger partial charge in [-0.25, -0.2) is 0 Å². The zero-order valence-corrected chi connectivity index (χ0v) is 15.1. The molecule has 0 aromatic heterocycles. The quantitative estimate of drug-likeness (QED) is 0.851. The molecule has 1 saturated heterocycles. The lowest BCUT2D eigenvalue weighted by Crippen LogP contribution is -2.36. The van der Waals surface area contributed by atoms with Gasteiger partial charge in [0.05, 0.1) is 0 Å². The number of benzene rings is 1. The van der Waals surface area contributed by atoms with E-state index in [4.69, 9.17) is 5.73 Å². The second-order valence-corrected chi connectivity index (χ2v) is 7.16. The molecule has 0 aliphatic carbocycles. The van der Waals surface area contributed by atoms with E-state index in [-0.39, 0.29) is 6.04 Å². The van der Waals surface area contributed by atoms with Crippen LogP contribution in [-0.2, 0) is 6.42 Å². The molecule has 3 nitrogen and oxygen atoms in total. The Bertz CT molecular complexity index is 463. The van der Waals surface area contributed by atoms with E-state index in [1.807, 2.05) is 0 Å². The fourth-order valence-electron chi connectivity index (χ4n) is 3.00. The molecule has 1 aromatic carbocycles. The van der Waals surface area contributed by atoms with E-state index in [2.05, 4.69) is 64.9 Å². The summed E-state index contributed by atoms with van der Waals surface area (Å²) in [5, 5.41) is 0. The fourth-order valence-corrected chi connectivity index (χ4v) is 3.53. The van der Waals surface area contributed by atoms with E-state index in [1.54, 1.807) is 0 Å². The zero-order valence-electron chi connectivity index (χ0n) is 13.5. The molecule has 2 N–H and O–H groups in total. The van der Waals surface area contributed by atoms with Crippen LogP contribution in [0, 0.1) is 0 Å². The van der Waals surface area contributed by atoms with Crippen molar-refractivity contribution >= 4 is 21.6 Å². The number of nitrogens with zero attached hydrogens (tertiary/aromatic N) is 2. The van der Waals surface area contributed by atoms with Gasteiger partial charge in [0.25, 0.3) is 0 Å². The summed E-state index contributed by atoms with van der Waals surface area (Å²) in [6, 6.07) is 7.59. The van der Waals surface area contributed by atoms with Crippen LogP contribution in [0.25, 0.3) is 0 Å². The van der Waals surface area contributed by atoms with E-state index in [1.165, 1.54) is 35.1 Å². The minimum Gasteiger partial charge on any atom is -0.373 e. The van der Waals surface area contributed by atoms with Gasteiger partial charge in [-0.15, -0.1) is 0 Å². The summed E-state index contributed by atoms with van der Waals surface area (Å²) < 4.78 is 1.18. The summed E-state index contributed by atoms with van der Waals surface area (Å²) in [6.07, 6.45) is 4.59. The molecule has 0 amide bonds. The molecule has 1 aliphatic heterocycles. The monoisotopic (exact) mass is 353 g/mol. The topological polar surface area (TPSA) is 32.5 Å². The van der Waals surface area contributed by atoms with E-state index >= 15 is 0 Å². The van der Waals surface area contributed by atoms with Crippen LogP contribution in [0.2, 0.25) is 0 Å². The Balaban J connectivity index is 2.01. The van der Waals surface area contributed by atoms with Gasteiger partial charge in [-0.2, -0.15) is 0 Å². The van der Waals surface area contributed by atoms with Gasteiger partial charge in [0.1, 0.15) is 0 Å². The molecule has 0 radical (unpaired) electrons. The van der Waals surface area contributed by atoms with Gasteiger partial charge >= 0.3 is 0 Å². The van der Waals surface area contributed by atoms with Crippen molar-refractivity contribution in [2.24, 2.45) is 5.73 Å². The summed E-state index contributed by atoms with van der Waals surface area (Å²) in [6.45, 7) is 4.46. The number of rotatable bonds is 6. The Morgan fingerprint density at radius 1 is 1.48 bits per heavy atom. The van der Waals surface area contributed by atoms with Gasteiger partial charge in [0, 0.05) is 35.8 Å². The van der Waals surface area contributed by atoms with Crippen molar-refractivity contribution in [3.05, 3.63) is 28.2 Å². The number of anilines is 1. The Morgan fingerprint density at radius 2 is 2.24 bits per heavy atom. The van der Waals surface area contributed by atoms with Gasteiger partial charge in [0.15, 0.2) is 0 Å². The first-order chi connectivity index (χ1) is 10.0. The van der Waals surface area contributed by atoms with E-state index in [9.17, 15) is 0 Å². The van der Waals surface area contributed by atoms with Crippen molar-refractivity contribution in [3.8, 4) is 0 Å². The van der Waals surface area contributed by atoms with E-state index in [0.29, 0.717) is 6.04 Å². The second-order valence-electron chi connectivity index (χ2n) is 6.31. The van der Waals surface area contributed by atoms with Crippen molar-refractivity contribution in [2.75, 3.05) is 32.1 Å². The second kappa shape index (κ2) is 7.61. The molecule has 21 heavy (non-hydrogen) atoms. The van der Waals surface area contributed by atoms with Crippen LogP contribution in [-0.4, -0.2) is 44.2 Å². The Labute approximate surface area is 137 Å². The van der Waals surface area contributed by atoms with Crippen LogP contribution in [0.3, 0.4) is 0 Å². The molecule has 2 rings (SSSR count). The van der Waals surface area contributed by atoms with Crippen molar-refractivity contribution in [1.29, 1.82) is 0 Å². The number of likely N-dealkylation sites (N-methyl/N-ethyl adjacent to an activating group) is 2. The molecule has 0 bridgehead atoms. The van der Waals surface area contributed by atoms with Gasteiger partial charge in [-0.3, -0.25) is 0 Å². The SMILES string of the molecule is CCC(N)Cc1ccc(N(C)CC2CCCN2C)cc1Br. The molecule has 1 heterocycles. The molecule has 118 valence electrons. The first-order valence-electron chi connectivity index (χ1n) is 7.96.